The number of hydrogen-bond donors (Lipinski definition) is 1. The van der Waals surface area contributed by atoms with E-state index in [1.807, 2.05) is 17.5 Å². The van der Waals surface area contributed by atoms with E-state index in [0.29, 0.717) is 0 Å². The third kappa shape index (κ3) is 2.59. The molecule has 0 aliphatic heterocycles. The lowest BCUT2D eigenvalue weighted by atomic mass is 10.1. The first-order valence-electron chi connectivity index (χ1n) is 7.20. The Labute approximate surface area is 124 Å². The molecule has 1 unspecified atom stereocenters. The number of anilines is 1. The normalized spacial score (nSPS) is 12.5. The van der Waals surface area contributed by atoms with Gasteiger partial charge in [-0.25, -0.2) is 4.98 Å². The van der Waals surface area contributed by atoms with Gasteiger partial charge in [0.15, 0.2) is 5.82 Å². The standard InChI is InChI=1S/C16H19N5/c1-4-13-5-7-14(8-6-13)11(2)18-15-16-20-19-12(3)21(16)10-9-17-15/h5-11H,4H2,1-3H3,(H,17,18). The van der Waals surface area contributed by atoms with Crippen LogP contribution in [0.1, 0.15) is 36.8 Å². The molecular weight excluding hydrogens is 262 g/mol. The third-order valence-electron chi connectivity index (χ3n) is 3.74. The van der Waals surface area contributed by atoms with Gasteiger partial charge in [0.1, 0.15) is 5.82 Å². The second-order valence-corrected chi connectivity index (χ2v) is 5.18. The van der Waals surface area contributed by atoms with Gasteiger partial charge in [0.2, 0.25) is 5.65 Å². The van der Waals surface area contributed by atoms with Crippen LogP contribution in [0.3, 0.4) is 0 Å². The summed E-state index contributed by atoms with van der Waals surface area (Å²) in [6, 6.07) is 8.81. The molecule has 21 heavy (non-hydrogen) atoms. The topological polar surface area (TPSA) is 55.1 Å². The van der Waals surface area contributed by atoms with E-state index in [4.69, 9.17) is 0 Å². The zero-order chi connectivity index (χ0) is 14.8. The highest BCUT2D eigenvalue weighted by molar-refractivity contribution is 5.62. The molecule has 2 heterocycles. The minimum absolute atomic E-state index is 0.159. The van der Waals surface area contributed by atoms with Crippen molar-refractivity contribution in [2.45, 2.75) is 33.2 Å². The molecule has 0 aliphatic rings. The van der Waals surface area contributed by atoms with Gasteiger partial charge >= 0.3 is 0 Å². The molecule has 0 spiro atoms. The number of aryl methyl sites for hydroxylation is 2. The maximum atomic E-state index is 4.38. The molecule has 2 aromatic heterocycles. The fraction of sp³-hybridized carbons (Fsp3) is 0.312. The van der Waals surface area contributed by atoms with Crippen molar-refractivity contribution in [3.05, 3.63) is 53.6 Å². The van der Waals surface area contributed by atoms with Gasteiger partial charge < -0.3 is 5.32 Å². The van der Waals surface area contributed by atoms with Crippen LogP contribution in [0.2, 0.25) is 0 Å². The molecule has 108 valence electrons. The van der Waals surface area contributed by atoms with Crippen molar-refractivity contribution in [3.63, 3.8) is 0 Å². The smallest absolute Gasteiger partial charge is 0.203 e. The molecule has 1 aromatic carbocycles. The molecule has 0 saturated heterocycles. The van der Waals surface area contributed by atoms with E-state index in [2.05, 4.69) is 58.6 Å². The second-order valence-electron chi connectivity index (χ2n) is 5.18. The zero-order valence-corrected chi connectivity index (χ0v) is 12.5. The Balaban J connectivity index is 1.87. The Kier molecular flexibility index (Phi) is 3.56. The third-order valence-corrected chi connectivity index (χ3v) is 3.74. The fourth-order valence-electron chi connectivity index (χ4n) is 2.37. The summed E-state index contributed by atoms with van der Waals surface area (Å²) in [7, 11) is 0. The molecule has 0 amide bonds. The summed E-state index contributed by atoms with van der Waals surface area (Å²) >= 11 is 0. The summed E-state index contributed by atoms with van der Waals surface area (Å²) in [4.78, 5) is 4.38. The summed E-state index contributed by atoms with van der Waals surface area (Å²) in [5.74, 6) is 1.61. The van der Waals surface area contributed by atoms with Gasteiger partial charge in [-0.1, -0.05) is 31.2 Å². The minimum Gasteiger partial charge on any atom is -0.360 e. The average Bonchev–Trinajstić information content (AvgIpc) is 2.90. The number of nitrogens with zero attached hydrogens (tertiary/aromatic N) is 4. The first-order valence-corrected chi connectivity index (χ1v) is 7.20. The van der Waals surface area contributed by atoms with Crippen molar-refractivity contribution < 1.29 is 0 Å². The highest BCUT2D eigenvalue weighted by atomic mass is 15.3. The van der Waals surface area contributed by atoms with E-state index in [1.54, 1.807) is 6.20 Å². The van der Waals surface area contributed by atoms with Gasteiger partial charge in [-0.2, -0.15) is 0 Å². The molecule has 5 heteroatoms. The quantitative estimate of drug-likeness (QED) is 0.798. The second kappa shape index (κ2) is 5.52. The van der Waals surface area contributed by atoms with Crippen molar-refractivity contribution in [1.82, 2.24) is 19.6 Å². The van der Waals surface area contributed by atoms with E-state index in [1.165, 1.54) is 11.1 Å². The van der Waals surface area contributed by atoms with Crippen LogP contribution < -0.4 is 5.32 Å². The SMILES string of the molecule is CCc1ccc(C(C)Nc2nccn3c(C)nnc23)cc1. The van der Waals surface area contributed by atoms with Crippen molar-refractivity contribution in [3.8, 4) is 0 Å². The highest BCUT2D eigenvalue weighted by Crippen LogP contribution is 2.21. The Bertz CT molecular complexity index is 745. The Hall–Kier alpha value is -2.43. The molecule has 0 saturated carbocycles. The number of hydrogen-bond acceptors (Lipinski definition) is 4. The van der Waals surface area contributed by atoms with Crippen LogP contribution in [0.5, 0.6) is 0 Å². The van der Waals surface area contributed by atoms with Crippen LogP contribution in [0.25, 0.3) is 5.65 Å². The van der Waals surface area contributed by atoms with Crippen LogP contribution in [-0.2, 0) is 6.42 Å². The van der Waals surface area contributed by atoms with Gasteiger partial charge in [-0.05, 0) is 31.4 Å². The van der Waals surface area contributed by atoms with Crippen LogP contribution in [0, 0.1) is 6.92 Å². The van der Waals surface area contributed by atoms with Gasteiger partial charge in [0.05, 0.1) is 6.04 Å². The lowest BCUT2D eigenvalue weighted by molar-refractivity contribution is 0.870. The van der Waals surface area contributed by atoms with E-state index in [-0.39, 0.29) is 6.04 Å². The molecule has 0 aliphatic carbocycles. The zero-order valence-electron chi connectivity index (χ0n) is 12.5. The van der Waals surface area contributed by atoms with Gasteiger partial charge in [-0.15, -0.1) is 10.2 Å². The van der Waals surface area contributed by atoms with E-state index in [9.17, 15) is 0 Å². The number of fused-ring (bicyclic) bond motifs is 1. The van der Waals surface area contributed by atoms with E-state index >= 15 is 0 Å². The molecule has 1 atom stereocenters. The maximum absolute atomic E-state index is 4.38. The highest BCUT2D eigenvalue weighted by Gasteiger charge is 2.11. The van der Waals surface area contributed by atoms with E-state index < -0.39 is 0 Å². The first kappa shape index (κ1) is 13.5. The Morgan fingerprint density at radius 1 is 1.19 bits per heavy atom. The minimum atomic E-state index is 0.159. The average molecular weight is 281 g/mol. The molecule has 0 fully saturated rings. The lowest BCUT2D eigenvalue weighted by Crippen LogP contribution is -2.09. The summed E-state index contributed by atoms with van der Waals surface area (Å²) in [5, 5.41) is 11.7. The predicted molar refractivity (Wildman–Crippen MR) is 83.4 cm³/mol. The molecule has 0 radical (unpaired) electrons. The largest absolute Gasteiger partial charge is 0.360 e. The lowest BCUT2D eigenvalue weighted by Gasteiger charge is -2.15. The summed E-state index contributed by atoms with van der Waals surface area (Å²) in [6.45, 7) is 6.21. The molecule has 5 nitrogen and oxygen atoms in total. The summed E-state index contributed by atoms with van der Waals surface area (Å²) in [6.07, 6.45) is 4.69. The van der Waals surface area contributed by atoms with E-state index in [0.717, 1.165) is 23.7 Å². The molecular formula is C16H19N5. The number of benzene rings is 1. The van der Waals surface area contributed by atoms with Crippen molar-refractivity contribution in [2.24, 2.45) is 0 Å². The first-order chi connectivity index (χ1) is 10.2. The molecule has 0 bridgehead atoms. The van der Waals surface area contributed by atoms with Crippen molar-refractivity contribution >= 4 is 11.5 Å². The van der Waals surface area contributed by atoms with Crippen LogP contribution in [-0.4, -0.2) is 19.6 Å². The van der Waals surface area contributed by atoms with Gasteiger partial charge in [-0.3, -0.25) is 4.40 Å². The van der Waals surface area contributed by atoms with Crippen molar-refractivity contribution in [1.29, 1.82) is 0 Å². The monoisotopic (exact) mass is 281 g/mol. The van der Waals surface area contributed by atoms with Gasteiger partial charge in [0, 0.05) is 12.4 Å². The Morgan fingerprint density at radius 3 is 2.67 bits per heavy atom. The fourth-order valence-corrected chi connectivity index (χ4v) is 2.37. The summed E-state index contributed by atoms with van der Waals surface area (Å²) in [5.41, 5.74) is 3.33. The Morgan fingerprint density at radius 2 is 1.95 bits per heavy atom. The molecule has 3 rings (SSSR count). The molecule has 3 aromatic rings. The molecule has 1 N–H and O–H groups in total. The summed E-state index contributed by atoms with van der Waals surface area (Å²) < 4.78 is 1.93. The van der Waals surface area contributed by atoms with Crippen LogP contribution >= 0.6 is 0 Å². The predicted octanol–water partition coefficient (Wildman–Crippen LogP) is 3.17. The maximum Gasteiger partial charge on any atom is 0.203 e. The number of aromatic nitrogens is 4. The number of nitrogens with one attached hydrogen (secondary N) is 1. The van der Waals surface area contributed by atoms with Gasteiger partial charge in [0.25, 0.3) is 0 Å². The van der Waals surface area contributed by atoms with Crippen LogP contribution in [0.4, 0.5) is 5.82 Å². The number of rotatable bonds is 4. The van der Waals surface area contributed by atoms with Crippen LogP contribution in [0.15, 0.2) is 36.7 Å². The van der Waals surface area contributed by atoms with Crippen molar-refractivity contribution in [2.75, 3.05) is 5.32 Å².